The third kappa shape index (κ3) is 17.6. The van der Waals surface area contributed by atoms with Gasteiger partial charge in [0.2, 0.25) is 0 Å². The minimum Gasteiger partial charge on any atom is -0.481 e. The SMILES string of the molecule is CCCCCCCCCCCCCC(=O)CC(CCCCN=[N+]=[N-])C(=O)O. The molecule has 0 radical (unpaired) electrons. The number of aliphatic carboxylic acids is 1. The summed E-state index contributed by atoms with van der Waals surface area (Å²) in [5.41, 5.74) is 8.20. The number of Topliss-reactive ketones (excluding diaryl/α,β-unsaturated/α-hetero) is 1. The summed E-state index contributed by atoms with van der Waals surface area (Å²) in [5, 5.41) is 12.7. The Bertz CT molecular complexity index is 434. The molecule has 156 valence electrons. The molecule has 0 bridgehead atoms. The number of azide groups is 1. The molecule has 27 heavy (non-hydrogen) atoms. The summed E-state index contributed by atoms with van der Waals surface area (Å²) in [5.74, 6) is -1.43. The van der Waals surface area contributed by atoms with Crippen molar-refractivity contribution in [2.45, 2.75) is 110 Å². The van der Waals surface area contributed by atoms with Gasteiger partial charge in [0.25, 0.3) is 0 Å². The molecule has 0 heterocycles. The molecule has 0 saturated carbocycles. The van der Waals surface area contributed by atoms with E-state index < -0.39 is 11.9 Å². The van der Waals surface area contributed by atoms with E-state index in [1.165, 1.54) is 57.8 Å². The Morgan fingerprint density at radius 2 is 1.44 bits per heavy atom. The lowest BCUT2D eigenvalue weighted by Gasteiger charge is -2.11. The summed E-state index contributed by atoms with van der Waals surface area (Å²) in [6, 6.07) is 0. The summed E-state index contributed by atoms with van der Waals surface area (Å²) in [6.45, 7) is 2.62. The second-order valence-corrected chi connectivity index (χ2v) is 7.51. The van der Waals surface area contributed by atoms with E-state index in [-0.39, 0.29) is 12.2 Å². The summed E-state index contributed by atoms with van der Waals surface area (Å²) < 4.78 is 0. The van der Waals surface area contributed by atoms with Crippen molar-refractivity contribution in [3.05, 3.63) is 10.4 Å². The number of nitrogens with zero attached hydrogens (tertiary/aromatic N) is 3. The van der Waals surface area contributed by atoms with Gasteiger partial charge in [-0.2, -0.15) is 0 Å². The number of unbranched alkanes of at least 4 members (excludes halogenated alkanes) is 11. The number of carboxylic acids is 1. The van der Waals surface area contributed by atoms with Crippen molar-refractivity contribution in [3.8, 4) is 0 Å². The number of rotatable bonds is 20. The zero-order valence-corrected chi connectivity index (χ0v) is 17.2. The fraction of sp³-hybridized carbons (Fsp3) is 0.905. The zero-order chi connectivity index (χ0) is 20.2. The molecule has 0 amide bonds. The number of carboxylic acid groups (broad SMARTS) is 1. The molecular formula is C21H39N3O3. The van der Waals surface area contributed by atoms with Gasteiger partial charge in [-0.25, -0.2) is 0 Å². The van der Waals surface area contributed by atoms with Crippen LogP contribution in [-0.4, -0.2) is 23.4 Å². The molecule has 0 rings (SSSR count). The van der Waals surface area contributed by atoms with Crippen molar-refractivity contribution in [1.82, 2.24) is 0 Å². The van der Waals surface area contributed by atoms with E-state index in [0.717, 1.165) is 12.8 Å². The average Bonchev–Trinajstić information content (AvgIpc) is 2.64. The minimum atomic E-state index is -0.897. The largest absolute Gasteiger partial charge is 0.481 e. The van der Waals surface area contributed by atoms with Crippen LogP contribution in [0.4, 0.5) is 0 Å². The van der Waals surface area contributed by atoms with Gasteiger partial charge < -0.3 is 5.11 Å². The van der Waals surface area contributed by atoms with E-state index in [4.69, 9.17) is 5.53 Å². The van der Waals surface area contributed by atoms with Crippen molar-refractivity contribution in [2.24, 2.45) is 11.0 Å². The summed E-state index contributed by atoms with van der Waals surface area (Å²) in [6.07, 6.45) is 16.1. The van der Waals surface area contributed by atoms with Gasteiger partial charge >= 0.3 is 5.97 Å². The van der Waals surface area contributed by atoms with Crippen LogP contribution < -0.4 is 0 Å². The van der Waals surface area contributed by atoms with E-state index in [1.54, 1.807) is 0 Å². The Labute approximate surface area is 164 Å². The summed E-state index contributed by atoms with van der Waals surface area (Å²) in [4.78, 5) is 26.0. The van der Waals surface area contributed by atoms with Crippen LogP contribution in [0.25, 0.3) is 10.4 Å². The second-order valence-electron chi connectivity index (χ2n) is 7.51. The summed E-state index contributed by atoms with van der Waals surface area (Å²) >= 11 is 0. The molecule has 0 aliphatic heterocycles. The van der Waals surface area contributed by atoms with Crippen molar-refractivity contribution >= 4 is 11.8 Å². The molecule has 0 fully saturated rings. The van der Waals surface area contributed by atoms with Gasteiger partial charge in [-0.1, -0.05) is 82.7 Å². The van der Waals surface area contributed by atoms with Crippen molar-refractivity contribution in [1.29, 1.82) is 0 Å². The Balaban J connectivity index is 3.63. The highest BCUT2D eigenvalue weighted by Crippen LogP contribution is 2.17. The van der Waals surface area contributed by atoms with Crippen LogP contribution in [0.15, 0.2) is 5.11 Å². The Kier molecular flexibility index (Phi) is 18.1. The molecule has 0 spiro atoms. The van der Waals surface area contributed by atoms with Crippen LogP contribution in [-0.2, 0) is 9.59 Å². The number of hydrogen-bond donors (Lipinski definition) is 1. The van der Waals surface area contributed by atoms with Crippen LogP contribution in [0.5, 0.6) is 0 Å². The molecular weight excluding hydrogens is 342 g/mol. The second kappa shape index (κ2) is 19.2. The van der Waals surface area contributed by atoms with Crippen LogP contribution in [0.2, 0.25) is 0 Å². The van der Waals surface area contributed by atoms with E-state index in [0.29, 0.717) is 32.2 Å². The first-order valence-corrected chi connectivity index (χ1v) is 10.9. The van der Waals surface area contributed by atoms with Gasteiger partial charge in [-0.3, -0.25) is 9.59 Å². The highest BCUT2D eigenvalue weighted by molar-refractivity contribution is 5.83. The predicted octanol–water partition coefficient (Wildman–Crippen LogP) is 6.83. The van der Waals surface area contributed by atoms with Gasteiger partial charge in [0.15, 0.2) is 0 Å². The molecule has 1 unspecified atom stereocenters. The fourth-order valence-electron chi connectivity index (χ4n) is 3.29. The lowest BCUT2D eigenvalue weighted by atomic mass is 9.94. The minimum absolute atomic E-state index is 0.0633. The fourth-order valence-corrected chi connectivity index (χ4v) is 3.29. The molecule has 6 heteroatoms. The highest BCUT2D eigenvalue weighted by atomic mass is 16.4. The summed E-state index contributed by atoms with van der Waals surface area (Å²) in [7, 11) is 0. The molecule has 0 aromatic carbocycles. The van der Waals surface area contributed by atoms with Crippen LogP contribution >= 0.6 is 0 Å². The maximum atomic E-state index is 12.0. The molecule has 0 saturated heterocycles. The van der Waals surface area contributed by atoms with Gasteiger partial charge in [0.1, 0.15) is 5.78 Å². The van der Waals surface area contributed by atoms with E-state index in [2.05, 4.69) is 16.9 Å². The molecule has 1 N–H and O–H groups in total. The average molecular weight is 382 g/mol. The molecule has 0 aliphatic carbocycles. The third-order valence-corrected chi connectivity index (χ3v) is 5.01. The van der Waals surface area contributed by atoms with E-state index in [1.807, 2.05) is 0 Å². The number of ketones is 1. The van der Waals surface area contributed by atoms with E-state index in [9.17, 15) is 14.7 Å². The lowest BCUT2D eigenvalue weighted by molar-refractivity contribution is -0.144. The van der Waals surface area contributed by atoms with Gasteiger partial charge in [-0.15, -0.1) is 0 Å². The molecule has 6 nitrogen and oxygen atoms in total. The first-order chi connectivity index (χ1) is 13.1. The van der Waals surface area contributed by atoms with Gasteiger partial charge in [0, 0.05) is 24.3 Å². The number of carbonyl (C=O) groups is 2. The first kappa shape index (κ1) is 25.4. The Hall–Kier alpha value is -1.55. The molecule has 0 aromatic rings. The number of hydrogen-bond acceptors (Lipinski definition) is 3. The molecule has 1 atom stereocenters. The van der Waals surface area contributed by atoms with Crippen molar-refractivity contribution < 1.29 is 14.7 Å². The van der Waals surface area contributed by atoms with Crippen molar-refractivity contribution in [2.75, 3.05) is 6.54 Å². The Morgan fingerprint density at radius 3 is 1.96 bits per heavy atom. The van der Waals surface area contributed by atoms with Crippen molar-refractivity contribution in [3.63, 3.8) is 0 Å². The maximum absolute atomic E-state index is 12.0. The smallest absolute Gasteiger partial charge is 0.306 e. The predicted molar refractivity (Wildman–Crippen MR) is 110 cm³/mol. The van der Waals surface area contributed by atoms with Crippen LogP contribution in [0.3, 0.4) is 0 Å². The monoisotopic (exact) mass is 381 g/mol. The first-order valence-electron chi connectivity index (χ1n) is 10.9. The number of carbonyl (C=O) groups excluding carboxylic acids is 1. The lowest BCUT2D eigenvalue weighted by Crippen LogP contribution is -2.18. The normalized spacial score (nSPS) is 11.7. The van der Waals surface area contributed by atoms with E-state index >= 15 is 0 Å². The Morgan fingerprint density at radius 1 is 0.889 bits per heavy atom. The third-order valence-electron chi connectivity index (χ3n) is 5.01. The molecule has 0 aliphatic rings. The topological polar surface area (TPSA) is 103 Å². The standard InChI is InChI=1S/C21H39N3O3/c1-2-3-4-5-6-7-8-9-10-11-12-16-20(25)18-19(21(26)27)15-13-14-17-23-24-22/h19H,2-18H2,1H3,(H,26,27). The highest BCUT2D eigenvalue weighted by Gasteiger charge is 2.20. The van der Waals surface area contributed by atoms with Gasteiger partial charge in [-0.05, 0) is 24.8 Å². The van der Waals surface area contributed by atoms with Crippen LogP contribution in [0, 0.1) is 5.92 Å². The molecule has 0 aromatic heterocycles. The quantitative estimate of drug-likeness (QED) is 0.108. The zero-order valence-electron chi connectivity index (χ0n) is 17.2. The maximum Gasteiger partial charge on any atom is 0.306 e. The van der Waals surface area contributed by atoms with Crippen LogP contribution in [0.1, 0.15) is 110 Å². The van der Waals surface area contributed by atoms with Gasteiger partial charge in [0.05, 0.1) is 5.92 Å².